The van der Waals surface area contributed by atoms with Gasteiger partial charge < -0.3 is 9.64 Å². The highest BCUT2D eigenvalue weighted by molar-refractivity contribution is 6.09. The minimum atomic E-state index is -0.641. The molecule has 4 rings (SSSR count). The first kappa shape index (κ1) is 15.8. The van der Waals surface area contributed by atoms with Crippen molar-refractivity contribution in [3.63, 3.8) is 0 Å². The van der Waals surface area contributed by atoms with Crippen LogP contribution >= 0.6 is 0 Å². The van der Waals surface area contributed by atoms with Crippen LogP contribution in [0.5, 0.6) is 0 Å². The van der Waals surface area contributed by atoms with Crippen molar-refractivity contribution in [1.82, 2.24) is 9.80 Å². The van der Waals surface area contributed by atoms with E-state index in [4.69, 9.17) is 4.74 Å². The van der Waals surface area contributed by atoms with Crippen molar-refractivity contribution in [1.29, 1.82) is 0 Å². The van der Waals surface area contributed by atoms with Crippen molar-refractivity contribution in [2.45, 2.75) is 32.2 Å². The van der Waals surface area contributed by atoms with Gasteiger partial charge in [-0.3, -0.25) is 19.3 Å². The summed E-state index contributed by atoms with van der Waals surface area (Å²) in [5, 5.41) is 0. The number of fused-ring (bicyclic) bond motifs is 5. The number of imide groups is 1. The van der Waals surface area contributed by atoms with Gasteiger partial charge in [-0.05, 0) is 24.7 Å². The molecule has 0 radical (unpaired) electrons. The van der Waals surface area contributed by atoms with E-state index in [2.05, 4.69) is 12.2 Å². The first-order chi connectivity index (χ1) is 11.6. The second-order valence-electron chi connectivity index (χ2n) is 7.29. The normalized spacial score (nSPS) is 35.7. The van der Waals surface area contributed by atoms with Gasteiger partial charge in [-0.1, -0.05) is 25.5 Å². The average molecular weight is 332 g/mol. The van der Waals surface area contributed by atoms with Crippen LogP contribution in [0.1, 0.15) is 26.2 Å². The number of allylic oxidation sites excluding steroid dienone is 2. The summed E-state index contributed by atoms with van der Waals surface area (Å²) < 4.78 is 5.30. The molecule has 0 spiro atoms. The molecule has 2 bridgehead atoms. The molecule has 3 fully saturated rings. The third-order valence-corrected chi connectivity index (χ3v) is 5.99. The van der Waals surface area contributed by atoms with Crippen LogP contribution in [-0.2, 0) is 19.1 Å². The van der Waals surface area contributed by atoms with Crippen LogP contribution in [0.3, 0.4) is 0 Å². The summed E-state index contributed by atoms with van der Waals surface area (Å²) in [6, 6.07) is -0.641. The van der Waals surface area contributed by atoms with Crippen molar-refractivity contribution in [2.75, 3.05) is 26.3 Å². The van der Waals surface area contributed by atoms with Crippen LogP contribution in [-0.4, -0.2) is 59.9 Å². The monoisotopic (exact) mass is 332 g/mol. The first-order valence-corrected chi connectivity index (χ1v) is 9.05. The van der Waals surface area contributed by atoms with E-state index in [0.29, 0.717) is 32.7 Å². The third kappa shape index (κ3) is 2.23. The molecule has 24 heavy (non-hydrogen) atoms. The second kappa shape index (κ2) is 5.99. The quantitative estimate of drug-likeness (QED) is 0.565. The first-order valence-electron chi connectivity index (χ1n) is 9.05. The number of ether oxygens (including phenoxy) is 1. The predicted octanol–water partition coefficient (Wildman–Crippen LogP) is 0.821. The van der Waals surface area contributed by atoms with E-state index in [1.807, 2.05) is 6.92 Å². The minimum Gasteiger partial charge on any atom is -0.378 e. The molecule has 130 valence electrons. The molecule has 0 aromatic carbocycles. The van der Waals surface area contributed by atoms with Crippen molar-refractivity contribution < 1.29 is 19.1 Å². The van der Waals surface area contributed by atoms with Crippen LogP contribution in [0.2, 0.25) is 0 Å². The maximum atomic E-state index is 13.0. The Morgan fingerprint density at radius 2 is 1.75 bits per heavy atom. The van der Waals surface area contributed by atoms with Gasteiger partial charge in [-0.2, -0.15) is 0 Å². The predicted molar refractivity (Wildman–Crippen MR) is 85.7 cm³/mol. The second-order valence-corrected chi connectivity index (χ2v) is 7.29. The molecule has 0 N–H and O–H groups in total. The molecule has 2 heterocycles. The maximum Gasteiger partial charge on any atom is 0.246 e. The number of nitrogens with zero attached hydrogens (tertiary/aromatic N) is 2. The van der Waals surface area contributed by atoms with Gasteiger partial charge in [0.15, 0.2) is 0 Å². The molecular weight excluding hydrogens is 308 g/mol. The SMILES string of the molecule is CCC[C@H](C(=O)N1CCOCC1)N1C(=O)[C@H]2[C@H](C1=O)[C@H]1C=C[C@H]2C1. The average Bonchev–Trinajstić information content (AvgIpc) is 3.28. The summed E-state index contributed by atoms with van der Waals surface area (Å²) in [6.45, 7) is 4.10. The number of hydrogen-bond donors (Lipinski definition) is 0. The van der Waals surface area contributed by atoms with Crippen LogP contribution < -0.4 is 0 Å². The van der Waals surface area contributed by atoms with Crippen molar-refractivity contribution >= 4 is 17.7 Å². The molecule has 1 saturated carbocycles. The highest BCUT2D eigenvalue weighted by atomic mass is 16.5. The van der Waals surface area contributed by atoms with E-state index in [1.54, 1.807) is 4.90 Å². The van der Waals surface area contributed by atoms with E-state index < -0.39 is 6.04 Å². The van der Waals surface area contributed by atoms with E-state index in [9.17, 15) is 14.4 Å². The molecule has 6 nitrogen and oxygen atoms in total. The van der Waals surface area contributed by atoms with Gasteiger partial charge in [0.05, 0.1) is 25.0 Å². The van der Waals surface area contributed by atoms with Crippen LogP contribution in [0.15, 0.2) is 12.2 Å². The van der Waals surface area contributed by atoms with Crippen molar-refractivity contribution in [3.8, 4) is 0 Å². The summed E-state index contributed by atoms with van der Waals surface area (Å²) >= 11 is 0. The lowest BCUT2D eigenvalue weighted by atomic mass is 9.85. The van der Waals surface area contributed by atoms with Gasteiger partial charge in [-0.15, -0.1) is 0 Å². The summed E-state index contributed by atoms with van der Waals surface area (Å²) in [5.41, 5.74) is 0. The van der Waals surface area contributed by atoms with Crippen LogP contribution in [0.25, 0.3) is 0 Å². The molecule has 0 unspecified atom stereocenters. The van der Waals surface area contributed by atoms with Gasteiger partial charge in [0, 0.05) is 13.1 Å². The molecule has 5 atom stereocenters. The number of rotatable bonds is 4. The molecule has 2 aliphatic heterocycles. The number of carbonyl (C=O) groups is 3. The van der Waals surface area contributed by atoms with Crippen molar-refractivity contribution in [3.05, 3.63) is 12.2 Å². The Kier molecular flexibility index (Phi) is 3.95. The lowest BCUT2D eigenvalue weighted by Gasteiger charge is -2.34. The summed E-state index contributed by atoms with van der Waals surface area (Å²) in [7, 11) is 0. The number of likely N-dealkylation sites (tertiary alicyclic amines) is 1. The zero-order valence-electron chi connectivity index (χ0n) is 14.0. The fourth-order valence-electron chi connectivity index (χ4n) is 4.86. The van der Waals surface area contributed by atoms with Gasteiger partial charge in [-0.25, -0.2) is 0 Å². The van der Waals surface area contributed by atoms with E-state index in [0.717, 1.165) is 12.8 Å². The number of carbonyl (C=O) groups excluding carboxylic acids is 3. The lowest BCUT2D eigenvalue weighted by molar-refractivity contribution is -0.154. The van der Waals surface area contributed by atoms with E-state index in [1.165, 1.54) is 4.90 Å². The molecule has 3 amide bonds. The molecular formula is C18H24N2O4. The maximum absolute atomic E-state index is 13.0. The fraction of sp³-hybridized carbons (Fsp3) is 0.722. The summed E-state index contributed by atoms with van der Waals surface area (Å²) in [4.78, 5) is 42.0. The largest absolute Gasteiger partial charge is 0.378 e. The Bertz CT molecular complexity index is 566. The number of morpholine rings is 1. The number of amides is 3. The van der Waals surface area contributed by atoms with Crippen molar-refractivity contribution in [2.24, 2.45) is 23.7 Å². The smallest absolute Gasteiger partial charge is 0.246 e. The molecule has 0 aromatic heterocycles. The Balaban J connectivity index is 1.58. The van der Waals surface area contributed by atoms with Crippen LogP contribution in [0.4, 0.5) is 0 Å². The standard InChI is InChI=1S/C18H24N2O4/c1-2-3-13(16(21)19-6-8-24-9-7-19)20-17(22)14-11-4-5-12(10-11)15(14)18(20)23/h4-5,11-15H,2-3,6-10H2,1H3/t11-,12-,13+,14+,15+/m0/s1. The van der Waals surface area contributed by atoms with Crippen LogP contribution in [0, 0.1) is 23.7 Å². The third-order valence-electron chi connectivity index (χ3n) is 5.99. The highest BCUT2D eigenvalue weighted by Gasteiger charge is 2.61. The zero-order valence-corrected chi connectivity index (χ0v) is 14.0. The Labute approximate surface area is 141 Å². The van der Waals surface area contributed by atoms with E-state index in [-0.39, 0.29) is 41.4 Å². The molecule has 2 aliphatic carbocycles. The Morgan fingerprint density at radius 3 is 2.29 bits per heavy atom. The lowest BCUT2D eigenvalue weighted by Crippen LogP contribution is -2.54. The Hall–Kier alpha value is -1.69. The van der Waals surface area contributed by atoms with Gasteiger partial charge >= 0.3 is 0 Å². The Morgan fingerprint density at radius 1 is 1.17 bits per heavy atom. The fourth-order valence-corrected chi connectivity index (χ4v) is 4.86. The topological polar surface area (TPSA) is 66.9 Å². The molecule has 4 aliphatic rings. The summed E-state index contributed by atoms with van der Waals surface area (Å²) in [5.74, 6) is -0.441. The molecule has 0 aromatic rings. The van der Waals surface area contributed by atoms with Gasteiger partial charge in [0.2, 0.25) is 17.7 Å². The summed E-state index contributed by atoms with van der Waals surface area (Å²) in [6.07, 6.45) is 6.38. The zero-order chi connectivity index (χ0) is 16.8. The van der Waals surface area contributed by atoms with Gasteiger partial charge in [0.25, 0.3) is 0 Å². The minimum absolute atomic E-state index is 0.0953. The highest BCUT2D eigenvalue weighted by Crippen LogP contribution is 2.53. The molecule has 6 heteroatoms. The van der Waals surface area contributed by atoms with Gasteiger partial charge in [0.1, 0.15) is 6.04 Å². The van der Waals surface area contributed by atoms with E-state index >= 15 is 0 Å². The molecule has 2 saturated heterocycles. The number of hydrogen-bond acceptors (Lipinski definition) is 4.